The van der Waals surface area contributed by atoms with Gasteiger partial charge in [0.1, 0.15) is 12.5 Å². The van der Waals surface area contributed by atoms with Gasteiger partial charge in [-0.2, -0.15) is 0 Å². The summed E-state index contributed by atoms with van der Waals surface area (Å²) in [5.41, 5.74) is 2.74. The van der Waals surface area contributed by atoms with E-state index >= 15 is 0 Å². The molecule has 1 aliphatic rings. The highest BCUT2D eigenvalue weighted by atomic mass is 19.1. The van der Waals surface area contributed by atoms with E-state index in [4.69, 9.17) is 5.41 Å². The van der Waals surface area contributed by atoms with E-state index in [0.29, 0.717) is 18.3 Å². The van der Waals surface area contributed by atoms with E-state index in [1.165, 1.54) is 0 Å². The first-order valence-electron chi connectivity index (χ1n) is 9.23. The number of hydrogen-bond acceptors (Lipinski definition) is 3. The lowest BCUT2D eigenvalue weighted by atomic mass is 9.90. The van der Waals surface area contributed by atoms with Crippen LogP contribution < -0.4 is 5.32 Å². The second-order valence-corrected chi connectivity index (χ2v) is 8.09. The molecular weight excluding hydrogens is 315 g/mol. The smallest absolute Gasteiger partial charge is 0.112 e. The van der Waals surface area contributed by atoms with Gasteiger partial charge in [-0.05, 0) is 38.8 Å². The lowest BCUT2D eigenvalue weighted by molar-refractivity contribution is 0.190. The van der Waals surface area contributed by atoms with Crippen LogP contribution in [0, 0.1) is 24.7 Å². The van der Waals surface area contributed by atoms with Crippen molar-refractivity contribution in [1.29, 1.82) is 5.41 Å². The average Bonchev–Trinajstić information content (AvgIpc) is 2.87. The fourth-order valence-electron chi connectivity index (χ4n) is 3.20. The molecule has 5 heteroatoms. The Morgan fingerprint density at radius 1 is 1.24 bits per heavy atom. The first-order chi connectivity index (χ1) is 11.7. The molecule has 1 aromatic rings. The van der Waals surface area contributed by atoms with Gasteiger partial charge in [-0.25, -0.2) is 4.39 Å². The summed E-state index contributed by atoms with van der Waals surface area (Å²) in [5.74, 6) is 0.976. The number of halogens is 1. The minimum atomic E-state index is -0.270. The summed E-state index contributed by atoms with van der Waals surface area (Å²) in [5, 5.41) is 12.1. The molecule has 0 saturated carbocycles. The van der Waals surface area contributed by atoms with Gasteiger partial charge in [0.2, 0.25) is 0 Å². The van der Waals surface area contributed by atoms with Gasteiger partial charge in [0.05, 0.1) is 0 Å². The van der Waals surface area contributed by atoms with Gasteiger partial charge in [0.15, 0.2) is 0 Å². The summed E-state index contributed by atoms with van der Waals surface area (Å²) >= 11 is 0. The van der Waals surface area contributed by atoms with Crippen LogP contribution >= 0.6 is 0 Å². The number of piperidine rings is 1. The largest absolute Gasteiger partial charge is 0.368 e. The van der Waals surface area contributed by atoms with Crippen LogP contribution in [0.5, 0.6) is 0 Å². The lowest BCUT2D eigenvalue weighted by Gasteiger charge is -2.33. The molecule has 0 spiro atoms. The van der Waals surface area contributed by atoms with Gasteiger partial charge in [-0.15, -0.1) is 0 Å². The molecule has 2 heterocycles. The summed E-state index contributed by atoms with van der Waals surface area (Å²) in [7, 11) is 0. The van der Waals surface area contributed by atoms with Crippen LogP contribution in [0.4, 0.5) is 4.39 Å². The van der Waals surface area contributed by atoms with Crippen LogP contribution in [0.15, 0.2) is 18.2 Å². The molecule has 0 unspecified atom stereocenters. The van der Waals surface area contributed by atoms with Crippen molar-refractivity contribution in [1.82, 2.24) is 14.8 Å². The van der Waals surface area contributed by atoms with Gasteiger partial charge in [-0.3, -0.25) is 0 Å². The molecule has 0 radical (unpaired) electrons. The zero-order valence-electron chi connectivity index (χ0n) is 16.3. The number of hydrogen-bond donors (Lipinski definition) is 2. The number of rotatable bonds is 6. The predicted molar refractivity (Wildman–Crippen MR) is 104 cm³/mol. The Hall–Kier alpha value is -1.62. The lowest BCUT2D eigenvalue weighted by Crippen LogP contribution is -2.43. The van der Waals surface area contributed by atoms with Crippen LogP contribution in [-0.4, -0.2) is 47.5 Å². The second-order valence-electron chi connectivity index (χ2n) is 8.09. The van der Waals surface area contributed by atoms with E-state index in [2.05, 4.69) is 61.5 Å². The molecular formula is C20H33FN4. The van der Waals surface area contributed by atoms with Gasteiger partial charge in [0, 0.05) is 54.3 Å². The van der Waals surface area contributed by atoms with Gasteiger partial charge in [-0.1, -0.05) is 20.8 Å². The van der Waals surface area contributed by atoms with Crippen LogP contribution in [0.25, 0.3) is 5.82 Å². The van der Waals surface area contributed by atoms with Crippen LogP contribution in [0.2, 0.25) is 0 Å². The van der Waals surface area contributed by atoms with Crippen molar-refractivity contribution >= 4 is 11.5 Å². The van der Waals surface area contributed by atoms with Crippen molar-refractivity contribution in [3.8, 4) is 0 Å². The van der Waals surface area contributed by atoms with Crippen molar-refractivity contribution in [2.45, 2.75) is 53.5 Å². The third kappa shape index (κ3) is 5.18. The summed E-state index contributed by atoms with van der Waals surface area (Å²) < 4.78 is 14.7. The fourth-order valence-corrected chi connectivity index (χ4v) is 3.20. The minimum Gasteiger partial charge on any atom is -0.368 e. The number of aryl methyl sites for hydroxylation is 2. The number of aromatic nitrogens is 1. The first-order valence-corrected chi connectivity index (χ1v) is 9.23. The molecule has 1 aliphatic heterocycles. The Bertz CT molecular complexity index is 597. The van der Waals surface area contributed by atoms with Crippen molar-refractivity contribution in [3.05, 3.63) is 29.6 Å². The summed E-state index contributed by atoms with van der Waals surface area (Å²) in [4.78, 5) is 2.19. The number of nitrogens with one attached hydrogen (secondary N) is 2. The highest BCUT2D eigenvalue weighted by Crippen LogP contribution is 2.21. The summed E-state index contributed by atoms with van der Waals surface area (Å²) in [6.45, 7) is 12.5. The standard InChI is InChI=1S/C20H33FN4/c1-15-6-7-16(2)25(15)19(14-18(22)20(3,4)5)23-17-8-11-24(12-9-17)13-10-21/h6-7,14,17,22-23H,8-13H2,1-5H3/b19-14+,22-18?. The number of alkyl halides is 1. The van der Waals surface area contributed by atoms with Crippen molar-refractivity contribution in [2.24, 2.45) is 5.41 Å². The highest BCUT2D eigenvalue weighted by Gasteiger charge is 2.22. The van der Waals surface area contributed by atoms with Crippen molar-refractivity contribution in [3.63, 3.8) is 0 Å². The van der Waals surface area contributed by atoms with Crippen molar-refractivity contribution in [2.75, 3.05) is 26.3 Å². The average molecular weight is 349 g/mol. The van der Waals surface area contributed by atoms with Gasteiger partial charge >= 0.3 is 0 Å². The molecule has 2 rings (SSSR count). The topological polar surface area (TPSA) is 44.1 Å². The second kappa shape index (κ2) is 8.17. The number of nitrogens with zero attached hydrogens (tertiary/aromatic N) is 2. The van der Waals surface area contributed by atoms with E-state index in [-0.39, 0.29) is 12.1 Å². The zero-order valence-corrected chi connectivity index (χ0v) is 16.3. The molecule has 0 bridgehead atoms. The molecule has 0 aromatic carbocycles. The molecule has 0 amide bonds. The molecule has 1 aromatic heterocycles. The third-order valence-electron chi connectivity index (χ3n) is 4.94. The molecule has 25 heavy (non-hydrogen) atoms. The van der Waals surface area contributed by atoms with E-state index < -0.39 is 0 Å². The maximum absolute atomic E-state index is 12.5. The highest BCUT2D eigenvalue weighted by molar-refractivity contribution is 6.00. The molecule has 4 nitrogen and oxygen atoms in total. The fraction of sp³-hybridized carbons (Fsp3) is 0.650. The van der Waals surface area contributed by atoms with E-state index in [1.807, 2.05) is 6.08 Å². The normalized spacial score (nSPS) is 17.8. The number of allylic oxidation sites excluding steroid dienone is 1. The Kier molecular flexibility index (Phi) is 6.44. The first kappa shape index (κ1) is 19.7. The van der Waals surface area contributed by atoms with Crippen LogP contribution in [-0.2, 0) is 0 Å². The molecule has 140 valence electrons. The predicted octanol–water partition coefficient (Wildman–Crippen LogP) is 3.99. The van der Waals surface area contributed by atoms with E-state index in [1.54, 1.807) is 0 Å². The third-order valence-corrected chi connectivity index (χ3v) is 4.94. The monoisotopic (exact) mass is 348 g/mol. The van der Waals surface area contributed by atoms with Crippen molar-refractivity contribution < 1.29 is 4.39 Å². The number of likely N-dealkylation sites (tertiary alicyclic amines) is 1. The van der Waals surface area contributed by atoms with E-state index in [0.717, 1.165) is 43.1 Å². The Balaban J connectivity index is 2.19. The summed E-state index contributed by atoms with van der Waals surface area (Å²) in [6.07, 6.45) is 3.97. The SMILES string of the molecule is Cc1ccc(C)n1/C(=C/C(=N)C(C)(C)C)NC1CCN(CCF)CC1. The molecule has 0 aliphatic carbocycles. The zero-order chi connectivity index (χ0) is 18.6. The Morgan fingerprint density at radius 3 is 2.28 bits per heavy atom. The minimum absolute atomic E-state index is 0.188. The van der Waals surface area contributed by atoms with Gasteiger partial charge in [0.25, 0.3) is 0 Å². The molecule has 2 N–H and O–H groups in total. The quantitative estimate of drug-likeness (QED) is 0.764. The van der Waals surface area contributed by atoms with Crippen LogP contribution in [0.1, 0.15) is 45.0 Å². The van der Waals surface area contributed by atoms with Crippen LogP contribution in [0.3, 0.4) is 0 Å². The molecule has 1 saturated heterocycles. The van der Waals surface area contributed by atoms with E-state index in [9.17, 15) is 4.39 Å². The Labute approximate surface area is 151 Å². The Morgan fingerprint density at radius 2 is 1.80 bits per heavy atom. The molecule has 1 fully saturated rings. The molecule has 0 atom stereocenters. The maximum Gasteiger partial charge on any atom is 0.112 e. The van der Waals surface area contributed by atoms with Gasteiger partial charge < -0.3 is 20.2 Å². The maximum atomic E-state index is 12.5. The summed E-state index contributed by atoms with van der Waals surface area (Å²) in [6, 6.07) is 4.57.